The van der Waals surface area contributed by atoms with Crippen LogP contribution in [0.15, 0.2) is 83.0 Å². The molecule has 3 fully saturated rings. The monoisotopic (exact) mass is 1040 g/mol. The smallest absolute Gasteiger partial charge is 0.389 e. The molecule has 22 nitrogen and oxygen atoms in total. The van der Waals surface area contributed by atoms with Gasteiger partial charge in [0.1, 0.15) is 47.8 Å². The largest absolute Gasteiger partial charge is 0.756 e. The van der Waals surface area contributed by atoms with Gasteiger partial charge in [0, 0.05) is 18.0 Å². The van der Waals surface area contributed by atoms with Crippen molar-refractivity contribution in [3.05, 3.63) is 105 Å². The summed E-state index contributed by atoms with van der Waals surface area (Å²) in [5, 5.41) is 0. The number of quaternary nitrogens is 1. The molecular formula is C43H54F2N8O14P2S. The van der Waals surface area contributed by atoms with Crippen molar-refractivity contribution in [2.75, 3.05) is 25.6 Å². The number of nitrogens with one attached hydrogen (secondary N) is 1. The first-order valence-electron chi connectivity index (χ1n) is 22.3. The lowest BCUT2D eigenvalue weighted by Gasteiger charge is -2.32. The van der Waals surface area contributed by atoms with Crippen LogP contribution in [0.25, 0.3) is 11.2 Å². The van der Waals surface area contributed by atoms with E-state index in [1.807, 2.05) is 4.98 Å². The van der Waals surface area contributed by atoms with Crippen molar-refractivity contribution in [2.24, 2.45) is 0 Å². The molecule has 0 saturated carbocycles. The highest BCUT2D eigenvalue weighted by Gasteiger charge is 2.54. The molecular weight excluding hydrogens is 985 g/mol. The van der Waals surface area contributed by atoms with Gasteiger partial charge < -0.3 is 44.8 Å². The predicted molar refractivity (Wildman–Crippen MR) is 249 cm³/mol. The maximum absolute atomic E-state index is 16.5. The van der Waals surface area contributed by atoms with E-state index in [0.29, 0.717) is 39.4 Å². The summed E-state index contributed by atoms with van der Waals surface area (Å²) in [6.45, 7) is -3.74. The van der Waals surface area contributed by atoms with E-state index < -0.39 is 94.3 Å². The second-order valence-electron chi connectivity index (χ2n) is 16.4. The molecule has 1 unspecified atom stereocenters. The van der Waals surface area contributed by atoms with E-state index in [0.717, 1.165) is 42.3 Å². The third-order valence-electron chi connectivity index (χ3n) is 11.5. The van der Waals surface area contributed by atoms with Gasteiger partial charge in [0.25, 0.3) is 13.4 Å². The highest BCUT2D eigenvalue weighted by Crippen LogP contribution is 2.64. The molecule has 3 aliphatic rings. The highest BCUT2D eigenvalue weighted by molar-refractivity contribution is 8.54. The van der Waals surface area contributed by atoms with Gasteiger partial charge in [-0.15, -0.1) is 0 Å². The molecule has 0 amide bonds. The number of carbonyl (C=O) groups is 1. The lowest BCUT2D eigenvalue weighted by molar-refractivity contribution is -0.235. The van der Waals surface area contributed by atoms with Crippen molar-refractivity contribution in [3.8, 4) is 11.5 Å². The summed E-state index contributed by atoms with van der Waals surface area (Å²) < 4.78 is 108. The summed E-state index contributed by atoms with van der Waals surface area (Å²) >= 11 is 0.584. The molecule has 0 aliphatic carbocycles. The number of phosphoric ester groups is 1. The van der Waals surface area contributed by atoms with Gasteiger partial charge in [-0.05, 0) is 59.8 Å². The number of aromatic amines is 1. The van der Waals surface area contributed by atoms with Gasteiger partial charge in [-0.25, -0.2) is 37.9 Å². The van der Waals surface area contributed by atoms with Crippen LogP contribution < -0.4 is 37.5 Å². The van der Waals surface area contributed by atoms with E-state index in [1.165, 1.54) is 50.7 Å². The van der Waals surface area contributed by atoms with E-state index in [4.69, 9.17) is 42.8 Å². The lowest BCUT2D eigenvalue weighted by atomic mass is 10.1. The number of fused-ring (bicyclic) bond motifs is 3. The van der Waals surface area contributed by atoms with Crippen LogP contribution in [-0.2, 0) is 42.5 Å². The number of ether oxygens (including phenoxy) is 4. The summed E-state index contributed by atoms with van der Waals surface area (Å²) in [4.78, 5) is 64.8. The number of hydrogen-bond donors (Lipinski definition) is 3. The SMILES string of the molecule is CCCCCCCCCCOc1ccc(C(=O)Oc2ccc(CS[P@]3(=O)OC[C@H]4O[C@@H](n5cnc6c(N)ncnc65)[C@H](F)[C@@H]4OP(=O)([O-])OC[C@H]4O[C@@H](n5ccc(=O)[nH]c5=O)[C@H](F)[C@@H]4O3)cc2)cc1.[NH4+]. The number of phosphoric acid groups is 1. The molecule has 10 atom stereocenters. The normalized spacial score (nSPS) is 27.9. The Kier molecular flexibility index (Phi) is 17.8. The Morgan fingerprint density at radius 3 is 2.16 bits per heavy atom. The Morgan fingerprint density at radius 2 is 1.47 bits per heavy atom. The summed E-state index contributed by atoms with van der Waals surface area (Å²) in [5.74, 6) is 0.0618. The number of H-pyrrole nitrogens is 1. The van der Waals surface area contributed by atoms with Gasteiger partial charge in [-0.2, -0.15) is 0 Å². The standard InChI is InChI=1S/C43H51F2N7O14P2S.H3N/c1-2-3-4-5-6-7-8-9-20-59-28-16-12-27(13-17-28)42(54)62-29-14-10-26(11-15-29)23-69-68(58)61-22-31-36(33(44)41(64-31)52-25-49-35-38(46)47-24-48-39(35)52)65-67(56,57)60-21-30-37(66-68)34(45)40(63-30)51-19-18-32(53)50-43(51)55;/h10-19,24-25,30-31,33-34,36-37,40-41H,2-9,20-23H2,1H3,(H,56,57)(H2,46,47,48)(H,50,53,55);1H3/t30-,31-,33-,34-,36-,37-,40-,41-,68-;/m1./s1. The van der Waals surface area contributed by atoms with Crippen molar-refractivity contribution in [1.82, 2.24) is 35.2 Å². The lowest BCUT2D eigenvalue weighted by Crippen LogP contribution is -2.38. The molecule has 3 aliphatic heterocycles. The molecule has 380 valence electrons. The second-order valence-corrected chi connectivity index (χ2v) is 21.8. The molecule has 7 N–H and O–H groups in total. The maximum Gasteiger partial charge on any atom is 0.389 e. The Labute approximate surface area is 403 Å². The van der Waals surface area contributed by atoms with Crippen molar-refractivity contribution >= 4 is 49.0 Å². The van der Waals surface area contributed by atoms with Gasteiger partial charge >= 0.3 is 18.5 Å². The average Bonchev–Trinajstić information content (AvgIpc) is 3.99. The fourth-order valence-electron chi connectivity index (χ4n) is 7.88. The third-order valence-corrected chi connectivity index (χ3v) is 16.1. The van der Waals surface area contributed by atoms with Crippen LogP contribution in [0.4, 0.5) is 14.6 Å². The van der Waals surface area contributed by atoms with E-state index in [-0.39, 0.29) is 34.6 Å². The number of benzene rings is 2. The summed E-state index contributed by atoms with van der Waals surface area (Å²) in [7, 11) is -5.49. The minimum atomic E-state index is -5.49. The number of nitrogen functional groups attached to an aromatic ring is 1. The van der Waals surface area contributed by atoms with Crippen molar-refractivity contribution in [1.29, 1.82) is 0 Å². The molecule has 0 spiro atoms. The zero-order valence-electron chi connectivity index (χ0n) is 38.1. The van der Waals surface area contributed by atoms with Gasteiger partial charge in [0.2, 0.25) is 0 Å². The van der Waals surface area contributed by atoms with Crippen molar-refractivity contribution < 1.29 is 64.6 Å². The Hall–Kier alpha value is -4.91. The van der Waals surface area contributed by atoms with Crippen LogP contribution in [0, 0.1) is 0 Å². The number of unbranched alkanes of at least 4 members (excludes halogenated alkanes) is 7. The van der Waals surface area contributed by atoms with Gasteiger partial charge in [0.15, 0.2) is 36.3 Å². The molecule has 8 rings (SSSR count). The number of aromatic nitrogens is 6. The summed E-state index contributed by atoms with van der Waals surface area (Å²) in [6, 6.07) is 13.7. The first-order chi connectivity index (χ1) is 33.2. The summed E-state index contributed by atoms with van der Waals surface area (Å²) in [6.07, 6.45) is -2.60. The van der Waals surface area contributed by atoms with Gasteiger partial charge in [-0.3, -0.25) is 32.5 Å². The molecule has 70 heavy (non-hydrogen) atoms. The Morgan fingerprint density at radius 1 is 0.843 bits per heavy atom. The molecule has 0 bridgehead atoms. The van der Waals surface area contributed by atoms with E-state index in [1.54, 1.807) is 36.4 Å². The first-order valence-corrected chi connectivity index (χ1v) is 26.9. The van der Waals surface area contributed by atoms with Crippen LogP contribution in [0.2, 0.25) is 0 Å². The number of esters is 1. The minimum absolute atomic E-state index is 0. The number of imidazole rings is 1. The molecule has 3 aromatic heterocycles. The molecule has 5 aromatic rings. The van der Waals surface area contributed by atoms with Crippen LogP contribution >= 0.6 is 26.0 Å². The number of anilines is 1. The van der Waals surface area contributed by atoms with E-state index >= 15 is 8.78 Å². The van der Waals surface area contributed by atoms with Crippen LogP contribution in [0.3, 0.4) is 0 Å². The quantitative estimate of drug-likeness (QED) is 0.0370. The number of carbonyl (C=O) groups excluding carboxylic acids is 1. The van der Waals surface area contributed by atoms with Crippen molar-refractivity contribution in [3.63, 3.8) is 0 Å². The van der Waals surface area contributed by atoms with Crippen LogP contribution in [0.1, 0.15) is 86.7 Å². The first kappa shape index (κ1) is 52.9. The topological polar surface area (TPSA) is 309 Å². The Bertz CT molecular complexity index is 2770. The molecule has 2 aromatic carbocycles. The fraction of sp³-hybridized carbons (Fsp3) is 0.488. The molecule has 6 heterocycles. The number of rotatable bonds is 17. The number of hydrogen-bond acceptors (Lipinski definition) is 19. The third kappa shape index (κ3) is 12.8. The maximum atomic E-state index is 16.5. The zero-order valence-corrected chi connectivity index (χ0v) is 40.7. The fourth-order valence-corrected chi connectivity index (χ4v) is 12.2. The average molecular weight is 1040 g/mol. The molecule has 3 saturated heterocycles. The predicted octanol–water partition coefficient (Wildman–Crippen LogP) is 6.87. The number of nitrogens with zero attached hydrogens (tertiary/aromatic N) is 5. The van der Waals surface area contributed by atoms with E-state index in [9.17, 15) is 28.4 Å². The summed E-state index contributed by atoms with van der Waals surface area (Å²) in [5.41, 5.74) is 4.98. The van der Waals surface area contributed by atoms with Crippen LogP contribution in [0.5, 0.6) is 11.5 Å². The Balaban J connectivity index is 0.00000722. The molecule has 27 heteroatoms. The number of nitrogens with two attached hydrogens (primary N) is 1. The minimum Gasteiger partial charge on any atom is -0.756 e. The molecule has 0 radical (unpaired) electrons. The van der Waals surface area contributed by atoms with Gasteiger partial charge in [0.05, 0.1) is 31.7 Å². The van der Waals surface area contributed by atoms with Crippen LogP contribution in [-0.4, -0.2) is 91.6 Å². The van der Waals surface area contributed by atoms with Gasteiger partial charge in [-0.1, -0.05) is 64.0 Å². The number of alkyl halides is 2. The second kappa shape index (κ2) is 23.5. The van der Waals surface area contributed by atoms with Crippen molar-refractivity contribution in [2.45, 2.75) is 113 Å². The zero-order chi connectivity index (χ0) is 48.7. The van der Waals surface area contributed by atoms with E-state index in [2.05, 4.69) is 21.9 Å². The number of halogens is 2. The highest BCUT2D eigenvalue weighted by atomic mass is 32.7.